The van der Waals surface area contributed by atoms with Gasteiger partial charge in [0.25, 0.3) is 0 Å². The van der Waals surface area contributed by atoms with Crippen LogP contribution in [0.3, 0.4) is 0 Å². The van der Waals surface area contributed by atoms with Crippen LogP contribution in [0.25, 0.3) is 0 Å². The normalized spacial score (nSPS) is 10.2. The van der Waals surface area contributed by atoms with E-state index in [1.165, 1.54) is 0 Å². The molecule has 0 aliphatic heterocycles. The average molecular weight is 365 g/mol. The molecule has 4 nitrogen and oxygen atoms in total. The van der Waals surface area contributed by atoms with Gasteiger partial charge in [-0.05, 0) is 48.9 Å². The molecule has 0 saturated carbocycles. The molecule has 0 unspecified atom stereocenters. The van der Waals surface area contributed by atoms with Gasteiger partial charge in [-0.25, -0.2) is 4.79 Å². The lowest BCUT2D eigenvalue weighted by Crippen LogP contribution is -2.36. The lowest BCUT2D eigenvalue weighted by molar-refractivity contribution is 0.241. The van der Waals surface area contributed by atoms with E-state index in [1.807, 2.05) is 55.5 Å². The molecule has 0 radical (unpaired) electrons. The van der Waals surface area contributed by atoms with Gasteiger partial charge in [0.15, 0.2) is 0 Å². The van der Waals surface area contributed by atoms with Gasteiger partial charge in [-0.3, -0.25) is 0 Å². The molecule has 2 aromatic rings. The lowest BCUT2D eigenvalue weighted by atomic mass is 10.2. The second-order valence-corrected chi connectivity index (χ2v) is 6.60. The number of halogens is 1. The molecular formula is C18H21ClN2O2S. The minimum absolute atomic E-state index is 0.173. The number of carbonyl (C=O) groups is 1. The van der Waals surface area contributed by atoms with Crippen LogP contribution >= 0.6 is 23.4 Å². The molecule has 0 aromatic heterocycles. The predicted molar refractivity (Wildman–Crippen MR) is 100 cm³/mol. The van der Waals surface area contributed by atoms with Gasteiger partial charge in [-0.15, -0.1) is 11.8 Å². The van der Waals surface area contributed by atoms with E-state index in [0.717, 1.165) is 27.0 Å². The Hall–Kier alpha value is -1.85. The van der Waals surface area contributed by atoms with Crippen LogP contribution in [0.5, 0.6) is 5.75 Å². The number of hydrogen-bond acceptors (Lipinski definition) is 3. The van der Waals surface area contributed by atoms with Crippen molar-refractivity contribution >= 4 is 29.4 Å². The van der Waals surface area contributed by atoms with E-state index in [9.17, 15) is 4.79 Å². The van der Waals surface area contributed by atoms with Crippen LogP contribution in [0.2, 0.25) is 5.02 Å². The molecule has 24 heavy (non-hydrogen) atoms. The highest BCUT2D eigenvalue weighted by Gasteiger charge is 2.02. The Morgan fingerprint density at radius 1 is 1.17 bits per heavy atom. The first-order valence-electron chi connectivity index (χ1n) is 7.79. The minimum atomic E-state index is -0.173. The molecule has 2 rings (SSSR count). The number of hydrogen-bond donors (Lipinski definition) is 2. The van der Waals surface area contributed by atoms with Gasteiger partial charge in [0, 0.05) is 28.8 Å². The Morgan fingerprint density at radius 2 is 1.96 bits per heavy atom. The van der Waals surface area contributed by atoms with Gasteiger partial charge in [0.2, 0.25) is 0 Å². The summed E-state index contributed by atoms with van der Waals surface area (Å²) in [5.74, 6) is 1.62. The van der Waals surface area contributed by atoms with Crippen LogP contribution in [0, 0.1) is 0 Å². The van der Waals surface area contributed by atoms with Crippen LogP contribution in [0.15, 0.2) is 53.4 Å². The lowest BCUT2D eigenvalue weighted by Gasteiger charge is -2.09. The van der Waals surface area contributed by atoms with Gasteiger partial charge in [0.05, 0.1) is 6.61 Å². The monoisotopic (exact) mass is 364 g/mol. The van der Waals surface area contributed by atoms with Crippen molar-refractivity contribution in [3.8, 4) is 5.75 Å². The predicted octanol–water partition coefficient (Wildman–Crippen LogP) is 4.33. The summed E-state index contributed by atoms with van der Waals surface area (Å²) < 4.78 is 5.44. The van der Waals surface area contributed by atoms with E-state index in [1.54, 1.807) is 11.8 Å². The quantitative estimate of drug-likeness (QED) is 0.541. The number of nitrogens with one attached hydrogen (secondary N) is 2. The SMILES string of the molecule is CCOc1cccc(CNC(=O)NCCSc2ccc(Cl)cc2)c1. The number of thioether (sulfide) groups is 1. The van der Waals surface area contributed by atoms with Crippen molar-refractivity contribution < 1.29 is 9.53 Å². The second kappa shape index (κ2) is 10.1. The number of rotatable bonds is 8. The first kappa shape index (κ1) is 18.5. The van der Waals surface area contributed by atoms with Crippen LogP contribution in [-0.4, -0.2) is 24.9 Å². The van der Waals surface area contributed by atoms with Crippen molar-refractivity contribution in [1.82, 2.24) is 10.6 Å². The maximum absolute atomic E-state index is 11.8. The number of urea groups is 1. The third kappa shape index (κ3) is 6.72. The maximum atomic E-state index is 11.8. The Balaban J connectivity index is 1.64. The molecule has 0 fully saturated rings. The highest BCUT2D eigenvalue weighted by molar-refractivity contribution is 7.99. The van der Waals surface area contributed by atoms with Crippen molar-refractivity contribution in [3.63, 3.8) is 0 Å². The van der Waals surface area contributed by atoms with Gasteiger partial charge >= 0.3 is 6.03 Å². The summed E-state index contributed by atoms with van der Waals surface area (Å²) in [5.41, 5.74) is 1.01. The van der Waals surface area contributed by atoms with Gasteiger partial charge < -0.3 is 15.4 Å². The molecular weight excluding hydrogens is 344 g/mol. The Labute approximate surface area is 151 Å². The van der Waals surface area contributed by atoms with Crippen LogP contribution in [0.4, 0.5) is 4.79 Å². The molecule has 6 heteroatoms. The topological polar surface area (TPSA) is 50.4 Å². The van der Waals surface area contributed by atoms with E-state index in [0.29, 0.717) is 19.7 Å². The smallest absolute Gasteiger partial charge is 0.315 e. The third-order valence-electron chi connectivity index (χ3n) is 3.13. The standard InChI is InChI=1S/C18H21ClN2O2S/c1-2-23-16-5-3-4-14(12-16)13-21-18(22)20-10-11-24-17-8-6-15(19)7-9-17/h3-9,12H,2,10-11,13H2,1H3,(H2,20,21,22). The zero-order chi connectivity index (χ0) is 17.2. The first-order valence-corrected chi connectivity index (χ1v) is 9.15. The minimum Gasteiger partial charge on any atom is -0.494 e. The fourth-order valence-corrected chi connectivity index (χ4v) is 2.92. The number of ether oxygens (including phenoxy) is 1. The van der Waals surface area contributed by atoms with Crippen LogP contribution < -0.4 is 15.4 Å². The van der Waals surface area contributed by atoms with Crippen molar-refractivity contribution in [2.45, 2.75) is 18.4 Å². The molecule has 0 aliphatic rings. The largest absolute Gasteiger partial charge is 0.494 e. The molecule has 2 amide bonds. The van der Waals surface area contributed by atoms with Crippen molar-refractivity contribution in [2.24, 2.45) is 0 Å². The number of amides is 2. The highest BCUT2D eigenvalue weighted by atomic mass is 35.5. The fraction of sp³-hybridized carbons (Fsp3) is 0.278. The summed E-state index contributed by atoms with van der Waals surface area (Å²) in [4.78, 5) is 12.9. The molecule has 128 valence electrons. The van der Waals surface area contributed by atoms with Gasteiger partial charge in [-0.1, -0.05) is 23.7 Å². The molecule has 0 bridgehead atoms. The summed E-state index contributed by atoms with van der Waals surface area (Å²) in [5, 5.41) is 6.42. The Kier molecular flexibility index (Phi) is 7.79. The zero-order valence-corrected chi connectivity index (χ0v) is 15.1. The Bertz CT molecular complexity index is 650. The Morgan fingerprint density at radius 3 is 2.71 bits per heavy atom. The van der Waals surface area contributed by atoms with Crippen molar-refractivity contribution in [3.05, 3.63) is 59.1 Å². The van der Waals surface area contributed by atoms with Crippen LogP contribution in [-0.2, 0) is 6.54 Å². The summed E-state index contributed by atoms with van der Waals surface area (Å²) in [7, 11) is 0. The fourth-order valence-electron chi connectivity index (χ4n) is 2.02. The zero-order valence-electron chi connectivity index (χ0n) is 13.5. The molecule has 2 aromatic carbocycles. The summed E-state index contributed by atoms with van der Waals surface area (Å²) in [6.07, 6.45) is 0. The molecule has 0 atom stereocenters. The van der Waals surface area contributed by atoms with Crippen LogP contribution in [0.1, 0.15) is 12.5 Å². The molecule has 2 N–H and O–H groups in total. The number of carbonyl (C=O) groups excluding carboxylic acids is 1. The van der Waals surface area contributed by atoms with Crippen molar-refractivity contribution in [1.29, 1.82) is 0 Å². The molecule has 0 heterocycles. The van der Waals surface area contributed by atoms with E-state index in [-0.39, 0.29) is 6.03 Å². The summed E-state index contributed by atoms with van der Waals surface area (Å²) >= 11 is 7.52. The second-order valence-electron chi connectivity index (χ2n) is 4.99. The molecule has 0 saturated heterocycles. The van der Waals surface area contributed by atoms with E-state index in [4.69, 9.17) is 16.3 Å². The maximum Gasteiger partial charge on any atom is 0.315 e. The first-order chi connectivity index (χ1) is 11.7. The van der Waals surface area contributed by atoms with E-state index >= 15 is 0 Å². The molecule has 0 aliphatic carbocycles. The van der Waals surface area contributed by atoms with Gasteiger partial charge in [-0.2, -0.15) is 0 Å². The molecule has 0 spiro atoms. The third-order valence-corrected chi connectivity index (χ3v) is 4.40. The van der Waals surface area contributed by atoms with E-state index in [2.05, 4.69) is 10.6 Å². The van der Waals surface area contributed by atoms with Crippen molar-refractivity contribution in [2.75, 3.05) is 18.9 Å². The highest BCUT2D eigenvalue weighted by Crippen LogP contribution is 2.19. The average Bonchev–Trinajstić information content (AvgIpc) is 2.59. The number of benzene rings is 2. The van der Waals surface area contributed by atoms with Gasteiger partial charge in [0.1, 0.15) is 5.75 Å². The summed E-state index contributed by atoms with van der Waals surface area (Å²) in [6.45, 7) is 3.64. The van der Waals surface area contributed by atoms with E-state index < -0.39 is 0 Å². The summed E-state index contributed by atoms with van der Waals surface area (Å²) in [6, 6.07) is 15.2.